The molecule has 0 aliphatic carbocycles. The third-order valence-electron chi connectivity index (χ3n) is 3.87. The number of anilines is 3. The van der Waals surface area contributed by atoms with Crippen LogP contribution in [0.15, 0.2) is 34.0 Å². The predicted octanol–water partition coefficient (Wildman–Crippen LogP) is 2.73. The minimum absolute atomic E-state index is 0.244. The van der Waals surface area contributed by atoms with Gasteiger partial charge < -0.3 is 14.5 Å². The summed E-state index contributed by atoms with van der Waals surface area (Å²) >= 11 is 3.54. The van der Waals surface area contributed by atoms with E-state index in [4.69, 9.17) is 4.74 Å². The summed E-state index contributed by atoms with van der Waals surface area (Å²) < 4.78 is 20.3. The highest BCUT2D eigenvalue weighted by molar-refractivity contribution is 9.10. The fourth-order valence-electron chi connectivity index (χ4n) is 2.54. The topological polar surface area (TPSA) is 65.9 Å². The first-order chi connectivity index (χ1) is 12.5. The molecule has 0 radical (unpaired) electrons. The van der Waals surface area contributed by atoms with E-state index in [0.717, 1.165) is 21.9 Å². The zero-order chi connectivity index (χ0) is 18.5. The van der Waals surface area contributed by atoms with E-state index in [1.807, 2.05) is 42.1 Å². The second-order valence-electron chi connectivity index (χ2n) is 5.94. The van der Waals surface area contributed by atoms with Crippen molar-refractivity contribution in [3.63, 3.8) is 0 Å². The van der Waals surface area contributed by atoms with E-state index in [0.29, 0.717) is 26.3 Å². The van der Waals surface area contributed by atoms with Gasteiger partial charge in [-0.25, -0.2) is 14.8 Å². The normalized spacial score (nSPS) is 14.7. The van der Waals surface area contributed by atoms with Crippen LogP contribution in [0.4, 0.5) is 21.8 Å². The molecule has 0 spiro atoms. The third kappa shape index (κ3) is 4.47. The van der Waals surface area contributed by atoms with Crippen LogP contribution in [-0.2, 0) is 4.74 Å². The van der Waals surface area contributed by atoms with Crippen molar-refractivity contribution in [2.75, 3.05) is 55.6 Å². The standard InChI is InChI=1S/C17H20BrFN6O/c1-24(2)15-4-3-12(9-13(15)18)10-21-23-17-20-11-14(19)16(22-17)25-5-7-26-8-6-25/h3-4,9-11H,5-8H2,1-2H3,(H,20,22,23)/b21-10-. The second-order valence-corrected chi connectivity index (χ2v) is 6.79. The van der Waals surface area contributed by atoms with Crippen molar-refractivity contribution in [1.82, 2.24) is 9.97 Å². The molecule has 0 bridgehead atoms. The third-order valence-corrected chi connectivity index (χ3v) is 4.50. The van der Waals surface area contributed by atoms with E-state index >= 15 is 0 Å². The molecule has 2 aromatic rings. The Bertz CT molecular complexity index is 795. The van der Waals surface area contributed by atoms with Crippen molar-refractivity contribution < 1.29 is 9.13 Å². The first kappa shape index (κ1) is 18.5. The van der Waals surface area contributed by atoms with Crippen molar-refractivity contribution in [1.29, 1.82) is 0 Å². The van der Waals surface area contributed by atoms with Crippen molar-refractivity contribution in [2.45, 2.75) is 0 Å². The highest BCUT2D eigenvalue weighted by atomic mass is 79.9. The molecule has 7 nitrogen and oxygen atoms in total. The molecule has 1 saturated heterocycles. The number of benzene rings is 1. The quantitative estimate of drug-likeness (QED) is 0.590. The van der Waals surface area contributed by atoms with Gasteiger partial charge in [-0.2, -0.15) is 10.1 Å². The molecule has 1 aliphatic rings. The number of rotatable bonds is 5. The number of hydrogen-bond acceptors (Lipinski definition) is 7. The van der Waals surface area contributed by atoms with E-state index in [9.17, 15) is 4.39 Å². The molecule has 26 heavy (non-hydrogen) atoms. The average molecular weight is 423 g/mol. The van der Waals surface area contributed by atoms with E-state index in [1.54, 1.807) is 6.21 Å². The number of halogens is 2. The van der Waals surface area contributed by atoms with Crippen LogP contribution in [0.25, 0.3) is 0 Å². The number of morpholine rings is 1. The predicted molar refractivity (Wildman–Crippen MR) is 105 cm³/mol. The van der Waals surface area contributed by atoms with Crippen LogP contribution in [0.5, 0.6) is 0 Å². The minimum atomic E-state index is -0.454. The minimum Gasteiger partial charge on any atom is -0.378 e. The lowest BCUT2D eigenvalue weighted by Crippen LogP contribution is -2.37. The summed E-state index contributed by atoms with van der Waals surface area (Å²) in [6.07, 6.45) is 2.81. The van der Waals surface area contributed by atoms with Gasteiger partial charge in [0.2, 0.25) is 5.95 Å². The molecule has 138 valence electrons. The van der Waals surface area contributed by atoms with Crippen LogP contribution in [-0.4, -0.2) is 56.6 Å². The summed E-state index contributed by atoms with van der Waals surface area (Å²) in [4.78, 5) is 12.0. The lowest BCUT2D eigenvalue weighted by Gasteiger charge is -2.27. The summed E-state index contributed by atoms with van der Waals surface area (Å²) in [7, 11) is 3.96. The summed E-state index contributed by atoms with van der Waals surface area (Å²) in [5.74, 6) is 0.0526. The van der Waals surface area contributed by atoms with Gasteiger partial charge in [-0.3, -0.25) is 0 Å². The second kappa shape index (κ2) is 8.41. The Balaban J connectivity index is 1.69. The Kier molecular flexibility index (Phi) is 6.00. The Morgan fingerprint density at radius 3 is 2.81 bits per heavy atom. The molecule has 1 aliphatic heterocycles. The molecule has 1 fully saturated rings. The Labute approximate surface area is 160 Å². The van der Waals surface area contributed by atoms with E-state index in [-0.39, 0.29) is 11.8 Å². The molecule has 3 rings (SSSR count). The highest BCUT2D eigenvalue weighted by Gasteiger charge is 2.17. The molecule has 0 atom stereocenters. The largest absolute Gasteiger partial charge is 0.378 e. The van der Waals surface area contributed by atoms with Crippen LogP contribution in [0, 0.1) is 5.82 Å². The molecule has 0 unspecified atom stereocenters. The fraction of sp³-hybridized carbons (Fsp3) is 0.353. The van der Waals surface area contributed by atoms with Crippen molar-refractivity contribution in [3.8, 4) is 0 Å². The van der Waals surface area contributed by atoms with Crippen molar-refractivity contribution >= 4 is 39.6 Å². The van der Waals surface area contributed by atoms with Gasteiger partial charge in [0.1, 0.15) is 0 Å². The highest BCUT2D eigenvalue weighted by Crippen LogP contribution is 2.25. The zero-order valence-electron chi connectivity index (χ0n) is 14.6. The first-order valence-corrected chi connectivity index (χ1v) is 8.95. The molecule has 1 aromatic heterocycles. The molecule has 1 N–H and O–H groups in total. The number of aromatic nitrogens is 2. The van der Waals surface area contributed by atoms with Gasteiger partial charge >= 0.3 is 0 Å². The number of nitrogens with zero attached hydrogens (tertiary/aromatic N) is 5. The molecule has 0 amide bonds. The molecule has 1 aromatic carbocycles. The summed E-state index contributed by atoms with van der Waals surface area (Å²) in [5.41, 5.74) is 4.74. The van der Waals surface area contributed by atoms with E-state index in [2.05, 4.69) is 36.4 Å². The van der Waals surface area contributed by atoms with Crippen LogP contribution < -0.4 is 15.2 Å². The van der Waals surface area contributed by atoms with Crippen molar-refractivity contribution in [3.05, 3.63) is 40.2 Å². The molecular weight excluding hydrogens is 403 g/mol. The Morgan fingerprint density at radius 1 is 1.35 bits per heavy atom. The smallest absolute Gasteiger partial charge is 0.245 e. The monoisotopic (exact) mass is 422 g/mol. The maximum Gasteiger partial charge on any atom is 0.245 e. The number of hydrazone groups is 1. The van der Waals surface area contributed by atoms with Gasteiger partial charge in [0, 0.05) is 31.7 Å². The number of ether oxygens (including phenoxy) is 1. The molecular formula is C17H20BrFN6O. The van der Waals surface area contributed by atoms with Crippen LogP contribution in [0.2, 0.25) is 0 Å². The lowest BCUT2D eigenvalue weighted by molar-refractivity contribution is 0.122. The van der Waals surface area contributed by atoms with Crippen LogP contribution in [0.3, 0.4) is 0 Å². The average Bonchev–Trinajstić information content (AvgIpc) is 2.63. The summed E-state index contributed by atoms with van der Waals surface area (Å²) in [6, 6.07) is 5.91. The van der Waals surface area contributed by atoms with Gasteiger partial charge in [0.05, 0.1) is 31.3 Å². The van der Waals surface area contributed by atoms with Gasteiger partial charge in [0.25, 0.3) is 0 Å². The molecule has 2 heterocycles. The van der Waals surface area contributed by atoms with Gasteiger partial charge in [-0.1, -0.05) is 6.07 Å². The maximum atomic E-state index is 14.0. The zero-order valence-corrected chi connectivity index (χ0v) is 16.2. The SMILES string of the molecule is CN(C)c1ccc(/C=N\Nc2ncc(F)c(N3CCOCC3)n2)cc1Br. The maximum absolute atomic E-state index is 14.0. The van der Waals surface area contributed by atoms with E-state index < -0.39 is 5.82 Å². The lowest BCUT2D eigenvalue weighted by atomic mass is 10.2. The summed E-state index contributed by atoms with van der Waals surface area (Å²) in [5, 5.41) is 4.14. The van der Waals surface area contributed by atoms with E-state index in [1.165, 1.54) is 0 Å². The first-order valence-electron chi connectivity index (χ1n) is 8.16. The Hall–Kier alpha value is -2.26. The molecule has 0 saturated carbocycles. The van der Waals surface area contributed by atoms with Crippen molar-refractivity contribution in [2.24, 2.45) is 5.10 Å². The van der Waals surface area contributed by atoms with Crippen LogP contribution >= 0.6 is 15.9 Å². The number of nitrogens with one attached hydrogen (secondary N) is 1. The van der Waals surface area contributed by atoms with Gasteiger partial charge in [-0.05, 0) is 33.6 Å². The summed E-state index contributed by atoms with van der Waals surface area (Å²) in [6.45, 7) is 2.32. The van der Waals surface area contributed by atoms with Crippen LogP contribution in [0.1, 0.15) is 5.56 Å². The Morgan fingerprint density at radius 2 is 2.12 bits per heavy atom. The number of hydrogen-bond donors (Lipinski definition) is 1. The van der Waals surface area contributed by atoms with Gasteiger partial charge in [-0.15, -0.1) is 0 Å². The molecule has 9 heteroatoms. The van der Waals surface area contributed by atoms with Gasteiger partial charge in [0.15, 0.2) is 11.6 Å². The fourth-order valence-corrected chi connectivity index (χ4v) is 3.29.